The van der Waals surface area contributed by atoms with E-state index in [9.17, 15) is 0 Å². The fourth-order valence-corrected chi connectivity index (χ4v) is 3.78. The number of hydrogen-bond donors (Lipinski definition) is 0. The molecule has 1 aromatic rings. The molecule has 0 aromatic carbocycles. The summed E-state index contributed by atoms with van der Waals surface area (Å²) < 4.78 is 6.13. The number of aryl methyl sites for hydroxylation is 1. The van der Waals surface area contributed by atoms with Gasteiger partial charge in [0.2, 0.25) is 0 Å². The highest BCUT2D eigenvalue weighted by Gasteiger charge is 2.40. The topological polar surface area (TPSA) is 35.0 Å². The van der Waals surface area contributed by atoms with Gasteiger partial charge in [-0.3, -0.25) is 0 Å². The zero-order chi connectivity index (χ0) is 15.6. The molecule has 1 aliphatic carbocycles. The third-order valence-corrected chi connectivity index (χ3v) is 4.87. The summed E-state index contributed by atoms with van der Waals surface area (Å²) in [6, 6.07) is 0. The number of hydrogen-bond acceptors (Lipinski definition) is 3. The second-order valence-electron chi connectivity index (χ2n) is 6.60. The number of aromatic nitrogens is 2. The smallest absolute Gasteiger partial charge is 0.162 e. The van der Waals surface area contributed by atoms with Gasteiger partial charge in [-0.1, -0.05) is 32.4 Å². The lowest BCUT2D eigenvalue weighted by atomic mass is 9.78. The molecule has 1 aromatic heterocycles. The molecule has 2 rings (SSSR count). The van der Waals surface area contributed by atoms with Gasteiger partial charge in [-0.15, -0.1) is 0 Å². The van der Waals surface area contributed by atoms with Crippen molar-refractivity contribution in [3.8, 4) is 0 Å². The van der Waals surface area contributed by atoms with Crippen molar-refractivity contribution in [2.75, 3.05) is 6.61 Å². The summed E-state index contributed by atoms with van der Waals surface area (Å²) in [4.78, 5) is 9.40. The van der Waals surface area contributed by atoms with E-state index in [0.717, 1.165) is 48.7 Å². The fraction of sp³-hybridized carbons (Fsp3) is 0.765. The van der Waals surface area contributed by atoms with E-state index in [1.54, 1.807) is 0 Å². The van der Waals surface area contributed by atoms with Crippen LogP contribution in [0.1, 0.15) is 76.4 Å². The van der Waals surface area contributed by atoms with Gasteiger partial charge in [-0.05, 0) is 51.4 Å². The van der Waals surface area contributed by atoms with Crippen molar-refractivity contribution in [1.82, 2.24) is 9.97 Å². The molecule has 0 amide bonds. The molecule has 0 atom stereocenters. The van der Waals surface area contributed by atoms with Crippen LogP contribution in [0, 0.1) is 12.8 Å². The predicted molar refractivity (Wildman–Crippen MR) is 86.8 cm³/mol. The van der Waals surface area contributed by atoms with E-state index < -0.39 is 0 Å². The molecular formula is C17H27ClN2O. The lowest BCUT2D eigenvalue weighted by Gasteiger charge is -2.38. The van der Waals surface area contributed by atoms with Crippen molar-refractivity contribution < 1.29 is 4.74 Å². The van der Waals surface area contributed by atoms with Crippen LogP contribution in [0.15, 0.2) is 0 Å². The van der Waals surface area contributed by atoms with Gasteiger partial charge in [0.15, 0.2) is 5.82 Å². The first-order chi connectivity index (χ1) is 9.89. The van der Waals surface area contributed by atoms with Crippen LogP contribution in [0.5, 0.6) is 0 Å². The molecule has 0 spiro atoms. The average Bonchev–Trinajstić information content (AvgIpc) is 2.40. The second kappa shape index (κ2) is 6.62. The largest absolute Gasteiger partial charge is 0.367 e. The lowest BCUT2D eigenvalue weighted by Crippen LogP contribution is -2.36. The van der Waals surface area contributed by atoms with E-state index in [1.165, 1.54) is 0 Å². The minimum atomic E-state index is -0.342. The third-order valence-electron chi connectivity index (χ3n) is 4.58. The first kappa shape index (κ1) is 16.7. The van der Waals surface area contributed by atoms with Crippen molar-refractivity contribution in [1.29, 1.82) is 0 Å². The molecule has 0 saturated heterocycles. The Kier molecular flexibility index (Phi) is 5.26. The molecule has 4 heteroatoms. The van der Waals surface area contributed by atoms with E-state index in [4.69, 9.17) is 21.3 Å². The summed E-state index contributed by atoms with van der Waals surface area (Å²) in [5, 5.41) is 0.588. The molecule has 21 heavy (non-hydrogen) atoms. The molecule has 0 radical (unpaired) electrons. The molecule has 1 fully saturated rings. The van der Waals surface area contributed by atoms with Gasteiger partial charge >= 0.3 is 0 Å². The van der Waals surface area contributed by atoms with Crippen LogP contribution in [-0.2, 0) is 10.3 Å². The van der Waals surface area contributed by atoms with Crippen molar-refractivity contribution in [3.63, 3.8) is 0 Å². The van der Waals surface area contributed by atoms with Crippen LogP contribution in [-0.4, -0.2) is 16.6 Å². The van der Waals surface area contributed by atoms with Gasteiger partial charge in [0.1, 0.15) is 10.8 Å². The molecule has 118 valence electrons. The number of ether oxygens (including phenoxy) is 1. The summed E-state index contributed by atoms with van der Waals surface area (Å²) in [6.45, 7) is 11.3. The molecule has 0 aliphatic heterocycles. The van der Waals surface area contributed by atoms with Gasteiger partial charge in [0.05, 0.1) is 0 Å². The normalized spacial score (nSPS) is 26.3. The van der Waals surface area contributed by atoms with E-state index in [2.05, 4.69) is 25.8 Å². The van der Waals surface area contributed by atoms with Gasteiger partial charge in [-0.2, -0.15) is 0 Å². The van der Waals surface area contributed by atoms with Crippen molar-refractivity contribution in [2.45, 2.75) is 71.8 Å². The van der Waals surface area contributed by atoms with Crippen LogP contribution < -0.4 is 0 Å². The van der Waals surface area contributed by atoms with E-state index >= 15 is 0 Å². The first-order valence-electron chi connectivity index (χ1n) is 8.08. The SMILES string of the molecule is CCOC1(c2nc(C)c(C(C)C)c(Cl)n2)CCC(C)CC1. The Labute approximate surface area is 133 Å². The highest BCUT2D eigenvalue weighted by atomic mass is 35.5. The Bertz CT molecular complexity index is 471. The molecule has 0 N–H and O–H groups in total. The zero-order valence-electron chi connectivity index (χ0n) is 13.9. The standard InChI is InChI=1S/C17H27ClN2O/c1-6-21-17(9-7-12(4)8-10-17)16-19-13(5)14(11(2)3)15(18)20-16/h11-12H,6-10H2,1-5H3. The molecule has 0 bridgehead atoms. The number of halogens is 1. The highest BCUT2D eigenvalue weighted by Crippen LogP contribution is 2.42. The second-order valence-corrected chi connectivity index (χ2v) is 6.96. The monoisotopic (exact) mass is 310 g/mol. The summed E-state index contributed by atoms with van der Waals surface area (Å²) in [5.74, 6) is 1.87. The minimum Gasteiger partial charge on any atom is -0.367 e. The Morgan fingerprint density at radius 1 is 1.29 bits per heavy atom. The van der Waals surface area contributed by atoms with Crippen molar-refractivity contribution in [2.24, 2.45) is 5.92 Å². The predicted octanol–water partition coefficient (Wildman–Crippen LogP) is 5.00. The van der Waals surface area contributed by atoms with Crippen LogP contribution in [0.3, 0.4) is 0 Å². The molecule has 1 saturated carbocycles. The van der Waals surface area contributed by atoms with Crippen LogP contribution in [0.2, 0.25) is 5.15 Å². The van der Waals surface area contributed by atoms with Crippen molar-refractivity contribution in [3.05, 3.63) is 22.2 Å². The Morgan fingerprint density at radius 2 is 1.90 bits per heavy atom. The lowest BCUT2D eigenvalue weighted by molar-refractivity contribution is -0.0838. The summed E-state index contributed by atoms with van der Waals surface area (Å²) >= 11 is 6.43. The van der Waals surface area contributed by atoms with Gasteiger partial charge in [0.25, 0.3) is 0 Å². The van der Waals surface area contributed by atoms with Crippen molar-refractivity contribution >= 4 is 11.6 Å². The van der Waals surface area contributed by atoms with E-state index in [1.807, 2.05) is 13.8 Å². The number of rotatable bonds is 4. The molecular weight excluding hydrogens is 284 g/mol. The Hall–Kier alpha value is -0.670. The summed E-state index contributed by atoms with van der Waals surface area (Å²) in [6.07, 6.45) is 4.29. The van der Waals surface area contributed by atoms with Crippen LogP contribution in [0.25, 0.3) is 0 Å². The Balaban J connectivity index is 2.42. The summed E-state index contributed by atoms with van der Waals surface area (Å²) in [5.41, 5.74) is 1.69. The minimum absolute atomic E-state index is 0.334. The molecule has 1 heterocycles. The maximum Gasteiger partial charge on any atom is 0.162 e. The third kappa shape index (κ3) is 3.40. The highest BCUT2D eigenvalue weighted by molar-refractivity contribution is 6.30. The first-order valence-corrected chi connectivity index (χ1v) is 8.46. The van der Waals surface area contributed by atoms with Crippen LogP contribution >= 0.6 is 11.6 Å². The van der Waals surface area contributed by atoms with Gasteiger partial charge < -0.3 is 4.74 Å². The maximum atomic E-state index is 6.43. The maximum absolute atomic E-state index is 6.43. The van der Waals surface area contributed by atoms with E-state index in [0.29, 0.717) is 17.7 Å². The molecule has 3 nitrogen and oxygen atoms in total. The van der Waals surface area contributed by atoms with Crippen LogP contribution in [0.4, 0.5) is 0 Å². The fourth-order valence-electron chi connectivity index (χ4n) is 3.34. The molecule has 0 unspecified atom stereocenters. The van der Waals surface area contributed by atoms with Gasteiger partial charge in [-0.25, -0.2) is 9.97 Å². The summed E-state index contributed by atoms with van der Waals surface area (Å²) in [7, 11) is 0. The molecule has 1 aliphatic rings. The van der Waals surface area contributed by atoms with Gasteiger partial charge in [0, 0.05) is 17.9 Å². The zero-order valence-corrected chi connectivity index (χ0v) is 14.6. The Morgan fingerprint density at radius 3 is 2.38 bits per heavy atom. The van der Waals surface area contributed by atoms with E-state index in [-0.39, 0.29) is 5.60 Å². The quantitative estimate of drug-likeness (QED) is 0.734. The number of nitrogens with zero attached hydrogens (tertiary/aromatic N) is 2. The average molecular weight is 311 g/mol.